The van der Waals surface area contributed by atoms with E-state index in [-0.39, 0.29) is 11.2 Å². The van der Waals surface area contributed by atoms with Crippen LogP contribution in [0, 0.1) is 13.8 Å². The summed E-state index contributed by atoms with van der Waals surface area (Å²) in [6.07, 6.45) is 0.607. The molecule has 7 nitrogen and oxygen atoms in total. The first-order valence-electron chi connectivity index (χ1n) is 7.86. The summed E-state index contributed by atoms with van der Waals surface area (Å²) in [5.74, 6) is 1.28. The van der Waals surface area contributed by atoms with Crippen molar-refractivity contribution in [3.8, 4) is 11.5 Å². The summed E-state index contributed by atoms with van der Waals surface area (Å²) in [7, 11) is 0. The average molecular weight is 358 g/mol. The van der Waals surface area contributed by atoms with E-state index in [0.29, 0.717) is 29.1 Å². The van der Waals surface area contributed by atoms with E-state index >= 15 is 0 Å². The van der Waals surface area contributed by atoms with E-state index in [1.54, 1.807) is 13.0 Å². The number of thioether (sulfide) groups is 1. The Kier molecular flexibility index (Phi) is 5.18. The maximum Gasteiger partial charge on any atom is 0.277 e. The molecule has 0 saturated carbocycles. The summed E-state index contributed by atoms with van der Waals surface area (Å²) in [6, 6.07) is 9.48. The summed E-state index contributed by atoms with van der Waals surface area (Å²) in [5.41, 5.74) is 2.00. The van der Waals surface area contributed by atoms with E-state index in [1.165, 1.54) is 11.8 Å². The number of anilines is 1. The van der Waals surface area contributed by atoms with Gasteiger partial charge in [-0.1, -0.05) is 41.5 Å². The molecule has 2 heterocycles. The van der Waals surface area contributed by atoms with Gasteiger partial charge < -0.3 is 14.3 Å². The highest BCUT2D eigenvalue weighted by molar-refractivity contribution is 8.00. The van der Waals surface area contributed by atoms with E-state index in [4.69, 9.17) is 8.94 Å². The van der Waals surface area contributed by atoms with Crippen molar-refractivity contribution >= 4 is 23.5 Å². The second-order valence-electron chi connectivity index (χ2n) is 5.57. The third-order valence-electron chi connectivity index (χ3n) is 3.49. The Labute approximate surface area is 149 Å². The molecule has 0 aliphatic heterocycles. The summed E-state index contributed by atoms with van der Waals surface area (Å²) in [6.45, 7) is 5.70. The lowest BCUT2D eigenvalue weighted by Crippen LogP contribution is -2.24. The molecule has 1 atom stereocenters. The van der Waals surface area contributed by atoms with Crippen molar-refractivity contribution in [1.82, 2.24) is 15.4 Å². The van der Waals surface area contributed by atoms with Crippen LogP contribution in [0.2, 0.25) is 0 Å². The number of rotatable bonds is 6. The normalized spacial score (nSPS) is 12.1. The van der Waals surface area contributed by atoms with Crippen LogP contribution < -0.4 is 5.32 Å². The van der Waals surface area contributed by atoms with Crippen LogP contribution in [0.25, 0.3) is 11.5 Å². The van der Waals surface area contributed by atoms with Crippen molar-refractivity contribution < 1.29 is 13.7 Å². The predicted molar refractivity (Wildman–Crippen MR) is 94.3 cm³/mol. The van der Waals surface area contributed by atoms with E-state index in [9.17, 15) is 4.79 Å². The molecule has 0 radical (unpaired) electrons. The van der Waals surface area contributed by atoms with Crippen LogP contribution in [0.4, 0.5) is 5.82 Å². The Morgan fingerprint density at radius 1 is 1.24 bits per heavy atom. The number of nitrogens with zero attached hydrogens (tertiary/aromatic N) is 3. The molecule has 8 heteroatoms. The highest BCUT2D eigenvalue weighted by Crippen LogP contribution is 2.28. The number of aryl methyl sites for hydroxylation is 2. The maximum atomic E-state index is 12.4. The Balaban J connectivity index is 1.67. The molecule has 0 aliphatic rings. The molecule has 1 aromatic carbocycles. The van der Waals surface area contributed by atoms with Crippen molar-refractivity contribution in [1.29, 1.82) is 0 Å². The second kappa shape index (κ2) is 7.52. The SMILES string of the molecule is CCC(Sc1nnc(-c2ccc(C)cc2)o1)C(=O)Nc1cc(C)on1. The number of nitrogens with one attached hydrogen (secondary N) is 1. The molecule has 0 bridgehead atoms. The van der Waals surface area contributed by atoms with E-state index in [2.05, 4.69) is 20.7 Å². The minimum absolute atomic E-state index is 0.184. The number of benzene rings is 1. The maximum absolute atomic E-state index is 12.4. The van der Waals surface area contributed by atoms with Gasteiger partial charge in [0, 0.05) is 11.6 Å². The quantitative estimate of drug-likeness (QED) is 0.669. The monoisotopic (exact) mass is 358 g/mol. The van der Waals surface area contributed by atoms with Gasteiger partial charge in [0.2, 0.25) is 11.8 Å². The summed E-state index contributed by atoms with van der Waals surface area (Å²) in [5, 5.41) is 14.6. The van der Waals surface area contributed by atoms with Crippen LogP contribution in [0.15, 0.2) is 44.5 Å². The minimum atomic E-state index is -0.372. The Bertz CT molecular complexity index is 857. The first-order valence-corrected chi connectivity index (χ1v) is 8.74. The molecular weight excluding hydrogens is 340 g/mol. The molecule has 3 rings (SSSR count). The summed E-state index contributed by atoms with van der Waals surface area (Å²) < 4.78 is 10.6. The fourth-order valence-electron chi connectivity index (χ4n) is 2.15. The topological polar surface area (TPSA) is 94.0 Å². The number of carbonyl (C=O) groups excluding carboxylic acids is 1. The van der Waals surface area contributed by atoms with E-state index in [1.807, 2.05) is 38.1 Å². The molecule has 1 N–H and O–H groups in total. The van der Waals surface area contributed by atoms with Crippen LogP contribution in [0.3, 0.4) is 0 Å². The van der Waals surface area contributed by atoms with Gasteiger partial charge in [-0.3, -0.25) is 4.79 Å². The smallest absolute Gasteiger partial charge is 0.277 e. The summed E-state index contributed by atoms with van der Waals surface area (Å²) >= 11 is 1.23. The lowest BCUT2D eigenvalue weighted by Gasteiger charge is -2.10. The van der Waals surface area contributed by atoms with Gasteiger partial charge in [0.05, 0.1) is 5.25 Å². The van der Waals surface area contributed by atoms with Crippen LogP contribution in [0.1, 0.15) is 24.7 Å². The number of carbonyl (C=O) groups is 1. The molecule has 0 saturated heterocycles. The zero-order valence-corrected chi connectivity index (χ0v) is 15.0. The molecule has 0 fully saturated rings. The second-order valence-corrected chi connectivity index (χ2v) is 6.72. The van der Waals surface area contributed by atoms with Gasteiger partial charge >= 0.3 is 0 Å². The standard InChI is InChI=1S/C17H18N4O3S/c1-4-13(15(22)18-14-9-11(3)24-21-14)25-17-20-19-16(23-17)12-7-5-10(2)6-8-12/h5-9,13H,4H2,1-3H3,(H,18,21,22). The minimum Gasteiger partial charge on any atom is -0.411 e. The largest absolute Gasteiger partial charge is 0.411 e. The van der Waals surface area contributed by atoms with Gasteiger partial charge in [0.15, 0.2) is 5.82 Å². The van der Waals surface area contributed by atoms with Crippen LogP contribution in [-0.2, 0) is 4.79 Å². The van der Waals surface area contributed by atoms with E-state index in [0.717, 1.165) is 11.1 Å². The molecule has 25 heavy (non-hydrogen) atoms. The van der Waals surface area contributed by atoms with Crippen molar-refractivity contribution in [3.05, 3.63) is 41.7 Å². The number of amides is 1. The Morgan fingerprint density at radius 3 is 2.64 bits per heavy atom. The van der Waals surface area contributed by atoms with E-state index < -0.39 is 0 Å². The molecule has 1 unspecified atom stereocenters. The molecular formula is C17H18N4O3S. The number of hydrogen-bond acceptors (Lipinski definition) is 7. The molecule has 3 aromatic rings. The number of aromatic nitrogens is 3. The molecule has 0 aliphatic carbocycles. The van der Waals surface area contributed by atoms with Gasteiger partial charge in [-0.15, -0.1) is 10.2 Å². The molecule has 130 valence electrons. The van der Waals surface area contributed by atoms with Crippen LogP contribution in [-0.4, -0.2) is 26.5 Å². The van der Waals surface area contributed by atoms with Gasteiger partial charge in [-0.05, 0) is 32.4 Å². The summed E-state index contributed by atoms with van der Waals surface area (Å²) in [4.78, 5) is 12.4. The first-order chi connectivity index (χ1) is 12.0. The first kappa shape index (κ1) is 17.2. The van der Waals surface area contributed by atoms with Gasteiger partial charge in [0.1, 0.15) is 5.76 Å². The molecule has 0 spiro atoms. The average Bonchev–Trinajstić information content (AvgIpc) is 3.22. The zero-order valence-electron chi connectivity index (χ0n) is 14.1. The number of hydrogen-bond donors (Lipinski definition) is 1. The highest BCUT2D eigenvalue weighted by atomic mass is 32.2. The fourth-order valence-corrected chi connectivity index (χ4v) is 2.94. The van der Waals surface area contributed by atoms with Crippen LogP contribution in [0.5, 0.6) is 0 Å². The third-order valence-corrected chi connectivity index (χ3v) is 4.69. The van der Waals surface area contributed by atoms with Crippen LogP contribution >= 0.6 is 11.8 Å². The molecule has 2 aromatic heterocycles. The lowest BCUT2D eigenvalue weighted by atomic mass is 10.1. The zero-order chi connectivity index (χ0) is 17.8. The predicted octanol–water partition coefficient (Wildman–Crippen LogP) is 3.85. The Morgan fingerprint density at radius 2 is 2.00 bits per heavy atom. The highest BCUT2D eigenvalue weighted by Gasteiger charge is 2.22. The Hall–Kier alpha value is -2.61. The van der Waals surface area contributed by atoms with Gasteiger partial charge in [-0.25, -0.2) is 0 Å². The van der Waals surface area contributed by atoms with Gasteiger partial charge in [0.25, 0.3) is 5.22 Å². The third kappa shape index (κ3) is 4.27. The van der Waals surface area contributed by atoms with Crippen molar-refractivity contribution in [2.45, 2.75) is 37.7 Å². The molecule has 1 amide bonds. The van der Waals surface area contributed by atoms with Crippen molar-refractivity contribution in [2.75, 3.05) is 5.32 Å². The van der Waals surface area contributed by atoms with Crippen molar-refractivity contribution in [2.24, 2.45) is 0 Å². The van der Waals surface area contributed by atoms with Crippen molar-refractivity contribution in [3.63, 3.8) is 0 Å². The lowest BCUT2D eigenvalue weighted by molar-refractivity contribution is -0.115. The fraction of sp³-hybridized carbons (Fsp3) is 0.294. The van der Waals surface area contributed by atoms with Gasteiger partial charge in [-0.2, -0.15) is 0 Å².